The first-order chi connectivity index (χ1) is 7.50. The van der Waals surface area contributed by atoms with Crippen LogP contribution in [0.15, 0.2) is 12.1 Å². The van der Waals surface area contributed by atoms with Gasteiger partial charge in [0.1, 0.15) is 0 Å². The number of ketones is 1. The molecule has 3 heteroatoms. The summed E-state index contributed by atoms with van der Waals surface area (Å²) in [5.74, 6) is -0.472. The molecule has 0 bridgehead atoms. The van der Waals surface area contributed by atoms with Gasteiger partial charge in [0.25, 0.3) is 0 Å². The number of hydrogen-bond acceptors (Lipinski definition) is 3. The van der Waals surface area contributed by atoms with E-state index in [1.54, 1.807) is 0 Å². The van der Waals surface area contributed by atoms with E-state index >= 15 is 0 Å². The van der Waals surface area contributed by atoms with Gasteiger partial charge in [-0.25, -0.2) is 4.79 Å². The fourth-order valence-electron chi connectivity index (χ4n) is 1.98. The number of rotatable bonds is 1. The summed E-state index contributed by atoms with van der Waals surface area (Å²) in [6, 6.07) is 3.89. The molecule has 0 N–H and O–H groups in total. The van der Waals surface area contributed by atoms with Gasteiger partial charge >= 0.3 is 5.97 Å². The van der Waals surface area contributed by atoms with Gasteiger partial charge in [-0.15, -0.1) is 0 Å². The van der Waals surface area contributed by atoms with Crippen LogP contribution in [-0.2, 0) is 16.0 Å². The number of aryl methyl sites for hydroxylation is 1. The normalized spacial score (nSPS) is 18.9. The molecule has 84 valence electrons. The third-order valence-electron chi connectivity index (χ3n) is 3.13. The number of carbonyl (C=O) groups excluding carboxylic acids is 2. The first-order valence-electron chi connectivity index (χ1n) is 5.31. The quantitative estimate of drug-likeness (QED) is 0.677. The number of benzene rings is 1. The average Bonchev–Trinajstić information content (AvgIpc) is 2.22. The monoisotopic (exact) mass is 218 g/mol. The maximum absolute atomic E-state index is 11.8. The Kier molecular flexibility index (Phi) is 2.54. The van der Waals surface area contributed by atoms with Crippen LogP contribution in [0.2, 0.25) is 0 Å². The molecule has 1 aliphatic rings. The topological polar surface area (TPSA) is 43.4 Å². The molecule has 0 saturated heterocycles. The van der Waals surface area contributed by atoms with Crippen molar-refractivity contribution in [3.05, 3.63) is 34.4 Å². The zero-order valence-electron chi connectivity index (χ0n) is 9.66. The van der Waals surface area contributed by atoms with Crippen molar-refractivity contribution < 1.29 is 14.3 Å². The smallest absolute Gasteiger partial charge is 0.339 e. The van der Waals surface area contributed by atoms with Crippen molar-refractivity contribution in [2.45, 2.75) is 33.3 Å². The summed E-state index contributed by atoms with van der Waals surface area (Å²) in [7, 11) is 0. The molecule has 1 heterocycles. The van der Waals surface area contributed by atoms with Gasteiger partial charge < -0.3 is 4.74 Å². The van der Waals surface area contributed by atoms with E-state index in [1.165, 1.54) is 6.92 Å². The maximum atomic E-state index is 11.8. The molecule has 1 aromatic carbocycles. The zero-order valence-corrected chi connectivity index (χ0v) is 9.66. The molecule has 0 aromatic heterocycles. The van der Waals surface area contributed by atoms with Gasteiger partial charge in [0.05, 0.1) is 5.56 Å². The molecule has 1 atom stereocenters. The SMILES string of the molecule is CC(=O)C1Cc2ccc(C)c(C)c2C(=O)O1. The summed E-state index contributed by atoms with van der Waals surface area (Å²) < 4.78 is 5.12. The van der Waals surface area contributed by atoms with Crippen molar-refractivity contribution in [1.29, 1.82) is 0 Å². The summed E-state index contributed by atoms with van der Waals surface area (Å²) >= 11 is 0. The summed E-state index contributed by atoms with van der Waals surface area (Å²) in [6.45, 7) is 5.31. The van der Waals surface area contributed by atoms with E-state index < -0.39 is 6.10 Å². The summed E-state index contributed by atoms with van der Waals surface area (Å²) in [5, 5.41) is 0. The summed E-state index contributed by atoms with van der Waals surface area (Å²) in [4.78, 5) is 23.0. The lowest BCUT2D eigenvalue weighted by Crippen LogP contribution is -2.33. The molecule has 0 amide bonds. The van der Waals surface area contributed by atoms with Crippen molar-refractivity contribution in [3.8, 4) is 0 Å². The molecule has 0 saturated carbocycles. The van der Waals surface area contributed by atoms with Crippen molar-refractivity contribution in [2.75, 3.05) is 0 Å². The minimum Gasteiger partial charge on any atom is -0.450 e. The van der Waals surface area contributed by atoms with Gasteiger partial charge in [0, 0.05) is 6.42 Å². The van der Waals surface area contributed by atoms with Gasteiger partial charge in [-0.05, 0) is 37.5 Å². The molecule has 0 fully saturated rings. The van der Waals surface area contributed by atoms with E-state index in [-0.39, 0.29) is 11.8 Å². The van der Waals surface area contributed by atoms with E-state index in [1.807, 2.05) is 26.0 Å². The number of cyclic esters (lactones) is 1. The first-order valence-corrected chi connectivity index (χ1v) is 5.31. The van der Waals surface area contributed by atoms with E-state index in [0.29, 0.717) is 12.0 Å². The minimum absolute atomic E-state index is 0.0998. The van der Waals surface area contributed by atoms with E-state index in [2.05, 4.69) is 0 Å². The molecule has 1 unspecified atom stereocenters. The van der Waals surface area contributed by atoms with E-state index in [0.717, 1.165) is 16.7 Å². The molecule has 16 heavy (non-hydrogen) atoms. The lowest BCUT2D eigenvalue weighted by molar-refractivity contribution is -0.125. The Hall–Kier alpha value is -1.64. The lowest BCUT2D eigenvalue weighted by atomic mass is 9.91. The molecule has 3 nitrogen and oxygen atoms in total. The van der Waals surface area contributed by atoms with Crippen LogP contribution in [0.25, 0.3) is 0 Å². The molecule has 0 radical (unpaired) electrons. The van der Waals surface area contributed by atoms with Gasteiger partial charge in [0.2, 0.25) is 0 Å². The zero-order chi connectivity index (χ0) is 11.9. The predicted octanol–water partition coefficient (Wildman–Crippen LogP) is 1.97. The van der Waals surface area contributed by atoms with Crippen molar-refractivity contribution in [3.63, 3.8) is 0 Å². The highest BCUT2D eigenvalue weighted by Gasteiger charge is 2.30. The highest BCUT2D eigenvalue weighted by molar-refractivity contribution is 5.97. The van der Waals surface area contributed by atoms with Gasteiger partial charge in [0.15, 0.2) is 11.9 Å². The van der Waals surface area contributed by atoms with Crippen LogP contribution in [0.1, 0.15) is 34.0 Å². The van der Waals surface area contributed by atoms with Gasteiger partial charge in [-0.1, -0.05) is 12.1 Å². The first kappa shape index (κ1) is 10.9. The van der Waals surface area contributed by atoms with Crippen LogP contribution in [0.4, 0.5) is 0 Å². The fourth-order valence-corrected chi connectivity index (χ4v) is 1.98. The molecule has 2 rings (SSSR count). The Labute approximate surface area is 94.4 Å². The average molecular weight is 218 g/mol. The third kappa shape index (κ3) is 1.62. The Morgan fingerprint density at radius 1 is 1.38 bits per heavy atom. The van der Waals surface area contributed by atoms with Gasteiger partial charge in [-0.2, -0.15) is 0 Å². The Morgan fingerprint density at radius 3 is 2.69 bits per heavy atom. The number of Topliss-reactive ketones (excluding diaryl/α,β-unsaturated/α-hetero) is 1. The second kappa shape index (κ2) is 3.74. The van der Waals surface area contributed by atoms with Crippen LogP contribution in [0.3, 0.4) is 0 Å². The second-order valence-corrected chi connectivity index (χ2v) is 4.25. The highest BCUT2D eigenvalue weighted by atomic mass is 16.5. The predicted molar refractivity (Wildman–Crippen MR) is 59.5 cm³/mol. The summed E-state index contributed by atoms with van der Waals surface area (Å²) in [6.07, 6.45) is -0.112. The largest absolute Gasteiger partial charge is 0.450 e. The Balaban J connectivity index is 2.50. The van der Waals surface area contributed by atoms with Crippen molar-refractivity contribution in [1.82, 2.24) is 0 Å². The highest BCUT2D eigenvalue weighted by Crippen LogP contribution is 2.26. The van der Waals surface area contributed by atoms with Gasteiger partial charge in [-0.3, -0.25) is 4.79 Å². The van der Waals surface area contributed by atoms with Crippen LogP contribution >= 0.6 is 0 Å². The van der Waals surface area contributed by atoms with E-state index in [4.69, 9.17) is 4.74 Å². The lowest BCUT2D eigenvalue weighted by Gasteiger charge is -2.24. The Bertz CT molecular complexity index is 474. The molecule has 0 spiro atoms. The number of carbonyl (C=O) groups is 2. The van der Waals surface area contributed by atoms with Crippen molar-refractivity contribution >= 4 is 11.8 Å². The third-order valence-corrected chi connectivity index (χ3v) is 3.13. The number of ether oxygens (including phenoxy) is 1. The molecular formula is C13H14O3. The van der Waals surface area contributed by atoms with Crippen LogP contribution in [-0.4, -0.2) is 17.9 Å². The Morgan fingerprint density at radius 2 is 2.06 bits per heavy atom. The van der Waals surface area contributed by atoms with Crippen LogP contribution in [0, 0.1) is 13.8 Å². The second-order valence-electron chi connectivity index (χ2n) is 4.25. The summed E-state index contributed by atoms with van der Waals surface area (Å²) in [5.41, 5.74) is 3.57. The number of fused-ring (bicyclic) bond motifs is 1. The number of hydrogen-bond donors (Lipinski definition) is 0. The number of esters is 1. The van der Waals surface area contributed by atoms with E-state index in [9.17, 15) is 9.59 Å². The molecular weight excluding hydrogens is 204 g/mol. The molecule has 0 aliphatic carbocycles. The van der Waals surface area contributed by atoms with Crippen LogP contribution in [0.5, 0.6) is 0 Å². The van der Waals surface area contributed by atoms with Crippen molar-refractivity contribution in [2.24, 2.45) is 0 Å². The molecule has 1 aliphatic heterocycles. The standard InChI is InChI=1S/C13H14O3/c1-7-4-5-10-6-11(9(3)14)16-13(15)12(10)8(7)2/h4-5,11H,6H2,1-3H3. The molecule has 1 aromatic rings. The fraction of sp³-hybridized carbons (Fsp3) is 0.385. The minimum atomic E-state index is -0.609. The van der Waals surface area contributed by atoms with Crippen LogP contribution < -0.4 is 0 Å². The maximum Gasteiger partial charge on any atom is 0.339 e.